The molecule has 3 aromatic rings. The van der Waals surface area contributed by atoms with Crippen molar-refractivity contribution in [3.05, 3.63) is 89.2 Å². The van der Waals surface area contributed by atoms with Crippen LogP contribution in [-0.2, 0) is 16.8 Å². The zero-order chi connectivity index (χ0) is 28.6. The van der Waals surface area contributed by atoms with Crippen LogP contribution < -0.4 is 10.2 Å². The van der Waals surface area contributed by atoms with Crippen LogP contribution in [-0.4, -0.2) is 56.7 Å². The van der Waals surface area contributed by atoms with Crippen molar-refractivity contribution in [1.82, 2.24) is 10.2 Å². The Bertz CT molecular complexity index is 1460. The first-order chi connectivity index (χ1) is 19.9. The van der Waals surface area contributed by atoms with E-state index in [-0.39, 0.29) is 18.4 Å². The van der Waals surface area contributed by atoms with Crippen LogP contribution in [0.2, 0.25) is 0 Å². The number of likely N-dealkylation sites (tertiary alicyclic amines) is 1. The molecule has 41 heavy (non-hydrogen) atoms. The number of aldehydes is 1. The lowest BCUT2D eigenvalue weighted by Crippen LogP contribution is -2.54. The van der Waals surface area contributed by atoms with E-state index in [4.69, 9.17) is 4.74 Å². The Morgan fingerprint density at radius 2 is 1.95 bits per heavy atom. The number of benzene rings is 3. The van der Waals surface area contributed by atoms with Crippen molar-refractivity contribution < 1.29 is 13.9 Å². The Morgan fingerprint density at radius 1 is 1.17 bits per heavy atom. The van der Waals surface area contributed by atoms with Crippen molar-refractivity contribution in [1.29, 1.82) is 5.26 Å². The van der Waals surface area contributed by atoms with E-state index < -0.39 is 11.6 Å². The van der Waals surface area contributed by atoms with E-state index in [1.165, 1.54) is 6.42 Å². The van der Waals surface area contributed by atoms with Crippen molar-refractivity contribution in [2.24, 2.45) is 5.92 Å². The molecule has 0 spiro atoms. The molecule has 3 fully saturated rings. The number of halogens is 1. The normalized spacial score (nSPS) is 26.1. The smallest absolute Gasteiger partial charge is 0.150 e. The fourth-order valence-electron chi connectivity index (χ4n) is 7.28. The van der Waals surface area contributed by atoms with Crippen LogP contribution >= 0.6 is 0 Å². The number of carbonyl (C=O) groups is 1. The van der Waals surface area contributed by atoms with Gasteiger partial charge < -0.3 is 14.5 Å². The number of para-hydroxylation sites is 1. The molecule has 0 aromatic heterocycles. The molecule has 4 unspecified atom stereocenters. The summed E-state index contributed by atoms with van der Waals surface area (Å²) < 4.78 is 21.7. The second kappa shape index (κ2) is 11.4. The number of hydrogen-bond acceptors (Lipinski definition) is 6. The summed E-state index contributed by atoms with van der Waals surface area (Å²) in [5, 5.41) is 14.1. The van der Waals surface area contributed by atoms with Gasteiger partial charge in [0.2, 0.25) is 0 Å². The number of hydrogen-bond donors (Lipinski definition) is 1. The third-order valence-corrected chi connectivity index (χ3v) is 9.45. The number of likely N-dealkylation sites (N-methyl/N-ethyl adjacent to an activating group) is 1. The minimum absolute atomic E-state index is 0.0700. The topological polar surface area (TPSA) is 68.6 Å². The van der Waals surface area contributed by atoms with Crippen LogP contribution in [0.1, 0.15) is 47.2 Å². The van der Waals surface area contributed by atoms with Crippen LogP contribution in [0.25, 0.3) is 11.1 Å². The maximum absolute atomic E-state index is 15.7. The molecule has 212 valence electrons. The SMILES string of the molecule is COC1(c2cc(-c3ccc(C[C@@H](C#N)N(c4ccccc4)C4NC5CCC4C5)c(F)c3)ccc2C=O)CCN(C)C1. The first kappa shape index (κ1) is 27.6. The summed E-state index contributed by atoms with van der Waals surface area (Å²) in [7, 11) is 3.73. The molecule has 3 aliphatic rings. The van der Waals surface area contributed by atoms with E-state index >= 15 is 4.39 Å². The second-order valence-corrected chi connectivity index (χ2v) is 11.9. The van der Waals surface area contributed by atoms with E-state index in [0.717, 1.165) is 54.5 Å². The average Bonchev–Trinajstić information content (AvgIpc) is 3.74. The van der Waals surface area contributed by atoms with E-state index in [1.807, 2.05) is 55.6 Å². The predicted octanol–water partition coefficient (Wildman–Crippen LogP) is 5.52. The third-order valence-electron chi connectivity index (χ3n) is 9.45. The molecule has 1 N–H and O–H groups in total. The predicted molar refractivity (Wildman–Crippen MR) is 158 cm³/mol. The number of piperidine rings is 1. The van der Waals surface area contributed by atoms with Crippen molar-refractivity contribution >= 4 is 12.0 Å². The van der Waals surface area contributed by atoms with Gasteiger partial charge in [0.25, 0.3) is 0 Å². The highest BCUT2D eigenvalue weighted by Gasteiger charge is 2.44. The maximum Gasteiger partial charge on any atom is 0.150 e. The second-order valence-electron chi connectivity index (χ2n) is 11.9. The zero-order valence-electron chi connectivity index (χ0n) is 23.7. The molecule has 7 heteroatoms. The summed E-state index contributed by atoms with van der Waals surface area (Å²) in [5.74, 6) is 0.154. The zero-order valence-corrected chi connectivity index (χ0v) is 23.7. The lowest BCUT2D eigenvalue weighted by Gasteiger charge is -2.39. The standard InChI is InChI=1S/C34H37FN4O2/c1-38-15-14-34(22-38,41-2)31-18-23(9-11-27(31)21-40)24-8-10-25(32(35)19-24)17-30(20-36)39(29-6-4-3-5-7-29)33-26-12-13-28(16-26)37-33/h3-11,18-19,21,26,28,30,33,37H,12-17,22H2,1-2H3/t26?,28?,30-,33?,34?/m0/s1. The third kappa shape index (κ3) is 5.17. The van der Waals surface area contributed by atoms with E-state index in [9.17, 15) is 10.1 Å². The lowest BCUT2D eigenvalue weighted by molar-refractivity contribution is -0.00444. The van der Waals surface area contributed by atoms with Gasteiger partial charge in [0.15, 0.2) is 0 Å². The van der Waals surface area contributed by atoms with Gasteiger partial charge in [0, 0.05) is 43.9 Å². The van der Waals surface area contributed by atoms with Gasteiger partial charge in [-0.05, 0) is 85.2 Å². The van der Waals surface area contributed by atoms with Crippen LogP contribution in [0.15, 0.2) is 66.7 Å². The number of anilines is 1. The van der Waals surface area contributed by atoms with Crippen molar-refractivity contribution in [2.75, 3.05) is 32.1 Å². The maximum atomic E-state index is 15.7. The van der Waals surface area contributed by atoms with Crippen molar-refractivity contribution in [3.63, 3.8) is 0 Å². The first-order valence-corrected chi connectivity index (χ1v) is 14.6. The Balaban J connectivity index is 1.29. The summed E-state index contributed by atoms with van der Waals surface area (Å²) in [4.78, 5) is 16.3. The molecule has 6 nitrogen and oxygen atoms in total. The molecule has 1 aliphatic carbocycles. The minimum Gasteiger partial charge on any atom is -0.372 e. The van der Waals surface area contributed by atoms with Gasteiger partial charge >= 0.3 is 0 Å². The first-order valence-electron chi connectivity index (χ1n) is 14.6. The monoisotopic (exact) mass is 552 g/mol. The molecule has 2 bridgehead atoms. The molecule has 6 rings (SSSR count). The van der Waals surface area contributed by atoms with Gasteiger partial charge in [0.05, 0.1) is 12.2 Å². The summed E-state index contributed by atoms with van der Waals surface area (Å²) in [6, 6.07) is 23.4. The molecule has 1 saturated carbocycles. The molecular weight excluding hydrogens is 515 g/mol. The van der Waals surface area contributed by atoms with Crippen LogP contribution in [0.5, 0.6) is 0 Å². The molecule has 0 radical (unpaired) electrons. The number of methoxy groups -OCH3 is 1. The summed E-state index contributed by atoms with van der Waals surface area (Å²) >= 11 is 0. The number of carbonyl (C=O) groups excluding carboxylic acids is 1. The minimum atomic E-state index is -0.575. The van der Waals surface area contributed by atoms with Crippen molar-refractivity contribution in [2.45, 2.75) is 56.0 Å². The van der Waals surface area contributed by atoms with Crippen LogP contribution in [0.4, 0.5) is 10.1 Å². The van der Waals surface area contributed by atoms with Crippen LogP contribution in [0, 0.1) is 23.1 Å². The summed E-state index contributed by atoms with van der Waals surface area (Å²) in [5.41, 5.74) is 3.90. The largest absolute Gasteiger partial charge is 0.372 e. The Kier molecular flexibility index (Phi) is 7.65. The van der Waals surface area contributed by atoms with Crippen LogP contribution in [0.3, 0.4) is 0 Å². The summed E-state index contributed by atoms with van der Waals surface area (Å²) in [6.07, 6.45) is 5.45. The molecule has 2 saturated heterocycles. The van der Waals surface area contributed by atoms with Gasteiger partial charge in [-0.1, -0.05) is 42.5 Å². The molecule has 0 amide bonds. The average molecular weight is 553 g/mol. The summed E-state index contributed by atoms with van der Waals surface area (Å²) in [6.45, 7) is 1.56. The number of fused-ring (bicyclic) bond motifs is 2. The number of rotatable bonds is 9. The van der Waals surface area contributed by atoms with Gasteiger partial charge in [-0.25, -0.2) is 4.39 Å². The quantitative estimate of drug-likeness (QED) is 0.353. The van der Waals surface area contributed by atoms with E-state index in [1.54, 1.807) is 25.3 Å². The van der Waals surface area contributed by atoms with Gasteiger partial charge in [-0.15, -0.1) is 0 Å². The van der Waals surface area contributed by atoms with Gasteiger partial charge in [-0.2, -0.15) is 5.26 Å². The Hall–Kier alpha value is -3.57. The Labute approximate surface area is 241 Å². The number of ether oxygens (including phenoxy) is 1. The fraction of sp³-hybridized carbons (Fsp3) is 0.412. The highest BCUT2D eigenvalue weighted by molar-refractivity contribution is 5.80. The molecule has 2 heterocycles. The molecule has 2 aliphatic heterocycles. The fourth-order valence-corrected chi connectivity index (χ4v) is 7.28. The number of nitriles is 1. The Morgan fingerprint density at radius 3 is 2.56 bits per heavy atom. The molecular formula is C34H37FN4O2. The number of nitrogens with zero attached hydrogens (tertiary/aromatic N) is 3. The highest BCUT2D eigenvalue weighted by Crippen LogP contribution is 2.40. The van der Waals surface area contributed by atoms with E-state index in [0.29, 0.717) is 29.6 Å². The molecule has 3 aromatic carbocycles. The lowest BCUT2D eigenvalue weighted by atomic mass is 9.86. The van der Waals surface area contributed by atoms with Crippen molar-refractivity contribution in [3.8, 4) is 17.2 Å². The van der Waals surface area contributed by atoms with E-state index in [2.05, 4.69) is 21.2 Å². The number of nitrogens with one attached hydrogen (secondary N) is 1. The van der Waals surface area contributed by atoms with Gasteiger partial charge in [0.1, 0.15) is 23.7 Å². The van der Waals surface area contributed by atoms with Gasteiger partial charge in [-0.3, -0.25) is 10.1 Å². The highest BCUT2D eigenvalue weighted by atomic mass is 19.1. The molecule has 5 atom stereocenters.